The Bertz CT molecular complexity index is 298. The van der Waals surface area contributed by atoms with E-state index in [1.165, 1.54) is 0 Å². The molecule has 66 valence electrons. The average molecular weight is 166 g/mol. The van der Waals surface area contributed by atoms with Crippen LogP contribution in [0.25, 0.3) is 0 Å². The zero-order valence-electron chi connectivity index (χ0n) is 7.55. The maximum atomic E-state index is 11.1. The van der Waals surface area contributed by atoms with Crippen LogP contribution in [-0.4, -0.2) is 11.1 Å². The molecule has 0 aromatic carbocycles. The maximum Gasteiger partial charge on any atom is 0.310 e. The second-order valence-corrected chi connectivity index (χ2v) is 5.29. The molecule has 0 heterocycles. The average Bonchev–Trinajstić information content (AvgIpc) is 2.33. The zero-order chi connectivity index (χ0) is 8.78. The molecule has 5 aliphatic rings. The van der Waals surface area contributed by atoms with E-state index in [-0.39, 0.29) is 10.8 Å². The van der Waals surface area contributed by atoms with Gasteiger partial charge in [0.2, 0.25) is 0 Å². The molecule has 0 radical (unpaired) electrons. The van der Waals surface area contributed by atoms with Crippen molar-refractivity contribution in [2.45, 2.75) is 33.1 Å². The molecule has 12 heavy (non-hydrogen) atoms. The molecule has 0 aliphatic heterocycles. The van der Waals surface area contributed by atoms with Gasteiger partial charge in [-0.25, -0.2) is 0 Å². The Labute approximate surface area is 72.0 Å². The Balaban J connectivity index is 2.12. The second kappa shape index (κ2) is 1.34. The summed E-state index contributed by atoms with van der Waals surface area (Å²) in [5.74, 6) is -0.0243. The van der Waals surface area contributed by atoms with Gasteiger partial charge in [-0.3, -0.25) is 4.79 Å². The quantitative estimate of drug-likeness (QED) is 0.646. The van der Waals surface area contributed by atoms with Gasteiger partial charge in [-0.05, 0) is 36.0 Å². The summed E-state index contributed by atoms with van der Waals surface area (Å²) in [5.41, 5.74) is 0.254. The van der Waals surface area contributed by atoms with Crippen molar-refractivity contribution in [1.82, 2.24) is 0 Å². The summed E-state index contributed by atoms with van der Waals surface area (Å²) >= 11 is 0. The maximum absolute atomic E-state index is 11.1. The van der Waals surface area contributed by atoms with Crippen LogP contribution in [0.3, 0.4) is 0 Å². The highest BCUT2D eigenvalue weighted by Crippen LogP contribution is 2.93. The third kappa shape index (κ3) is 0.301. The molecule has 0 unspecified atom stereocenters. The molecule has 5 saturated carbocycles. The van der Waals surface area contributed by atoms with Gasteiger partial charge in [0.25, 0.3) is 0 Å². The van der Waals surface area contributed by atoms with Gasteiger partial charge in [-0.15, -0.1) is 0 Å². The second-order valence-electron chi connectivity index (χ2n) is 5.29. The van der Waals surface area contributed by atoms with Crippen LogP contribution in [0.4, 0.5) is 0 Å². The lowest BCUT2D eigenvalue weighted by Crippen LogP contribution is -2.80. The molecular formula is C10H14O2. The number of carboxylic acids is 1. The number of carboxylic acid groups (broad SMARTS) is 1. The third-order valence-corrected chi connectivity index (χ3v) is 5.57. The molecule has 5 aliphatic carbocycles. The summed E-state index contributed by atoms with van der Waals surface area (Å²) in [5, 5.41) is 9.19. The Hall–Kier alpha value is -0.530. The molecule has 0 aromatic heterocycles. The van der Waals surface area contributed by atoms with Crippen molar-refractivity contribution >= 4 is 5.97 Å². The lowest BCUT2D eigenvalue weighted by atomic mass is 9.22. The molecule has 0 aromatic rings. The molecule has 4 atom stereocenters. The van der Waals surface area contributed by atoms with Crippen LogP contribution in [0.1, 0.15) is 33.1 Å². The molecular weight excluding hydrogens is 152 g/mol. The first-order valence-electron chi connectivity index (χ1n) is 4.72. The van der Waals surface area contributed by atoms with Crippen molar-refractivity contribution in [3.8, 4) is 0 Å². The molecule has 0 amide bonds. The number of aliphatic carboxylic acids is 1. The highest BCUT2D eigenvalue weighted by Gasteiger charge is 2.91. The van der Waals surface area contributed by atoms with E-state index in [0.717, 1.165) is 19.3 Å². The van der Waals surface area contributed by atoms with Crippen LogP contribution in [0.15, 0.2) is 0 Å². The first-order chi connectivity index (χ1) is 5.49. The van der Waals surface area contributed by atoms with E-state index >= 15 is 0 Å². The van der Waals surface area contributed by atoms with E-state index in [0.29, 0.717) is 11.3 Å². The molecule has 0 spiro atoms. The minimum absolute atomic E-state index is 0.149. The SMILES string of the molecule is C[C@]12CC[C@H]3[C@@]1(C)C[C@@]32C(=O)O. The lowest BCUT2D eigenvalue weighted by molar-refractivity contribution is -0.336. The van der Waals surface area contributed by atoms with E-state index in [1.807, 2.05) is 0 Å². The van der Waals surface area contributed by atoms with E-state index in [4.69, 9.17) is 0 Å². The lowest BCUT2D eigenvalue weighted by Gasteiger charge is -2.80. The predicted octanol–water partition coefficient (Wildman–Crippen LogP) is 1.90. The van der Waals surface area contributed by atoms with Crippen molar-refractivity contribution in [1.29, 1.82) is 0 Å². The van der Waals surface area contributed by atoms with Gasteiger partial charge in [0.1, 0.15) is 0 Å². The first kappa shape index (κ1) is 6.93. The van der Waals surface area contributed by atoms with Crippen LogP contribution < -0.4 is 0 Å². The van der Waals surface area contributed by atoms with Crippen LogP contribution in [-0.2, 0) is 4.79 Å². The van der Waals surface area contributed by atoms with Gasteiger partial charge in [-0.2, -0.15) is 0 Å². The molecule has 1 N–H and O–H groups in total. The predicted molar refractivity (Wildman–Crippen MR) is 43.6 cm³/mol. The smallest absolute Gasteiger partial charge is 0.310 e. The Morgan fingerprint density at radius 1 is 1.50 bits per heavy atom. The fourth-order valence-electron chi connectivity index (χ4n) is 4.69. The number of carbonyl (C=O) groups is 1. The van der Waals surface area contributed by atoms with Gasteiger partial charge in [-0.1, -0.05) is 13.8 Å². The standard InChI is InChI=1S/C10H14O2/c1-8-5-10(7(11)12)6(8)3-4-9(8,10)2/h6H,3-5H2,1-2H3,(H,11,12)/t6-,8+,9-,10-/m0/s1. The summed E-state index contributed by atoms with van der Waals surface area (Å²) in [7, 11) is 0. The monoisotopic (exact) mass is 166 g/mol. The van der Waals surface area contributed by atoms with Crippen LogP contribution in [0.2, 0.25) is 0 Å². The topological polar surface area (TPSA) is 37.3 Å². The summed E-state index contributed by atoms with van der Waals surface area (Å²) in [6.07, 6.45) is 3.23. The fourth-order valence-corrected chi connectivity index (χ4v) is 4.69. The van der Waals surface area contributed by atoms with Gasteiger partial charge < -0.3 is 5.11 Å². The number of rotatable bonds is 1. The highest BCUT2D eigenvalue weighted by atomic mass is 16.4. The van der Waals surface area contributed by atoms with Crippen molar-refractivity contribution in [3.05, 3.63) is 0 Å². The van der Waals surface area contributed by atoms with E-state index in [9.17, 15) is 9.90 Å². The van der Waals surface area contributed by atoms with Gasteiger partial charge in [0.05, 0.1) is 5.41 Å². The normalized spacial score (nSPS) is 65.3. The van der Waals surface area contributed by atoms with E-state index < -0.39 is 5.97 Å². The Morgan fingerprint density at radius 3 is 2.42 bits per heavy atom. The van der Waals surface area contributed by atoms with Crippen molar-refractivity contribution in [2.75, 3.05) is 0 Å². The molecule has 0 saturated heterocycles. The number of hydrogen-bond acceptors (Lipinski definition) is 1. The third-order valence-electron chi connectivity index (χ3n) is 5.57. The minimum Gasteiger partial charge on any atom is -0.481 e. The molecule has 2 heteroatoms. The van der Waals surface area contributed by atoms with Gasteiger partial charge >= 0.3 is 5.97 Å². The van der Waals surface area contributed by atoms with Crippen LogP contribution in [0.5, 0.6) is 0 Å². The van der Waals surface area contributed by atoms with Crippen LogP contribution >= 0.6 is 0 Å². The first-order valence-corrected chi connectivity index (χ1v) is 4.72. The summed E-state index contributed by atoms with van der Waals surface area (Å²) < 4.78 is 0. The van der Waals surface area contributed by atoms with E-state index in [1.54, 1.807) is 0 Å². The zero-order valence-corrected chi connectivity index (χ0v) is 7.55. The van der Waals surface area contributed by atoms with E-state index in [2.05, 4.69) is 13.8 Å². The molecule has 4 bridgehead atoms. The molecule has 5 fully saturated rings. The van der Waals surface area contributed by atoms with Crippen molar-refractivity contribution < 1.29 is 9.90 Å². The number of hydrogen-bond donors (Lipinski definition) is 1. The Morgan fingerprint density at radius 2 is 2.17 bits per heavy atom. The largest absolute Gasteiger partial charge is 0.481 e. The van der Waals surface area contributed by atoms with Crippen molar-refractivity contribution in [2.24, 2.45) is 22.2 Å². The minimum atomic E-state index is -0.531. The Kier molecular flexibility index (Phi) is 0.774. The summed E-state index contributed by atoms with van der Waals surface area (Å²) in [4.78, 5) is 11.1. The summed E-state index contributed by atoms with van der Waals surface area (Å²) in [6, 6.07) is 0. The van der Waals surface area contributed by atoms with Gasteiger partial charge in [0, 0.05) is 0 Å². The van der Waals surface area contributed by atoms with Gasteiger partial charge in [0.15, 0.2) is 0 Å². The van der Waals surface area contributed by atoms with Crippen LogP contribution in [0, 0.1) is 22.2 Å². The van der Waals surface area contributed by atoms with Crippen molar-refractivity contribution in [3.63, 3.8) is 0 Å². The highest BCUT2D eigenvalue weighted by molar-refractivity contribution is 5.83. The summed E-state index contributed by atoms with van der Waals surface area (Å²) in [6.45, 7) is 4.45. The molecule has 2 nitrogen and oxygen atoms in total. The fraction of sp³-hybridized carbons (Fsp3) is 0.900. The number of fused-ring (bicyclic) bond motifs is 1. The molecule has 5 rings (SSSR count).